The highest BCUT2D eigenvalue weighted by Crippen LogP contribution is 2.20. The van der Waals surface area contributed by atoms with Crippen LogP contribution < -0.4 is 4.72 Å². The molecule has 0 saturated heterocycles. The van der Waals surface area contributed by atoms with Crippen LogP contribution in [0, 0.1) is 17.2 Å². The molecule has 0 unspecified atom stereocenters. The molecule has 0 spiro atoms. The van der Waals surface area contributed by atoms with Crippen LogP contribution in [-0.4, -0.2) is 15.0 Å². The number of hydrogen-bond acceptors (Lipinski definition) is 3. The molecule has 0 saturated carbocycles. The number of nitrogens with zero attached hydrogens (tertiary/aromatic N) is 1. The minimum absolute atomic E-state index is 0.0856. The van der Waals surface area contributed by atoms with Crippen molar-refractivity contribution in [3.05, 3.63) is 28.8 Å². The van der Waals surface area contributed by atoms with Crippen LogP contribution in [-0.2, 0) is 10.0 Å². The van der Waals surface area contributed by atoms with E-state index in [0.29, 0.717) is 12.5 Å². The Morgan fingerprint density at radius 3 is 2.47 bits per heavy atom. The van der Waals surface area contributed by atoms with Crippen molar-refractivity contribution < 1.29 is 8.42 Å². The topological polar surface area (TPSA) is 70.0 Å². The standard InChI is InChI=1S/C13H17ClN2O2S/c1-3-10(4-2)9-16-19(17,18)12-6-5-11(8-15)13(14)7-12/h5-7,10,16H,3-4,9H2,1-2H3. The maximum atomic E-state index is 12.1. The molecule has 104 valence electrons. The van der Waals surface area contributed by atoms with Gasteiger partial charge in [0.1, 0.15) is 6.07 Å². The maximum absolute atomic E-state index is 12.1. The van der Waals surface area contributed by atoms with Gasteiger partial charge in [0, 0.05) is 6.54 Å². The zero-order chi connectivity index (χ0) is 14.5. The fourth-order valence-corrected chi connectivity index (χ4v) is 3.07. The molecule has 0 aliphatic carbocycles. The Balaban J connectivity index is 2.89. The fraction of sp³-hybridized carbons (Fsp3) is 0.462. The highest BCUT2D eigenvalue weighted by molar-refractivity contribution is 7.89. The summed E-state index contributed by atoms with van der Waals surface area (Å²) in [4.78, 5) is 0.0856. The molecule has 0 atom stereocenters. The predicted octanol–water partition coefficient (Wildman–Crippen LogP) is 2.93. The molecule has 0 bridgehead atoms. The van der Waals surface area contributed by atoms with Gasteiger partial charge in [0.15, 0.2) is 0 Å². The zero-order valence-corrected chi connectivity index (χ0v) is 12.6. The number of benzene rings is 1. The van der Waals surface area contributed by atoms with Crippen LogP contribution in [0.5, 0.6) is 0 Å². The third kappa shape index (κ3) is 4.20. The Morgan fingerprint density at radius 1 is 1.37 bits per heavy atom. The van der Waals surface area contributed by atoms with Crippen molar-refractivity contribution in [1.29, 1.82) is 5.26 Å². The monoisotopic (exact) mass is 300 g/mol. The maximum Gasteiger partial charge on any atom is 0.240 e. The number of rotatable bonds is 6. The van der Waals surface area contributed by atoms with Gasteiger partial charge in [0.2, 0.25) is 10.0 Å². The molecule has 1 aromatic carbocycles. The summed E-state index contributed by atoms with van der Waals surface area (Å²) in [6.07, 6.45) is 1.85. The summed E-state index contributed by atoms with van der Waals surface area (Å²) in [5.41, 5.74) is 0.264. The molecule has 0 aromatic heterocycles. The smallest absolute Gasteiger partial charge is 0.211 e. The van der Waals surface area contributed by atoms with Gasteiger partial charge in [-0.25, -0.2) is 13.1 Å². The van der Waals surface area contributed by atoms with Crippen molar-refractivity contribution in [2.75, 3.05) is 6.54 Å². The molecule has 0 radical (unpaired) electrons. The van der Waals surface area contributed by atoms with Crippen molar-refractivity contribution >= 4 is 21.6 Å². The van der Waals surface area contributed by atoms with Gasteiger partial charge in [-0.1, -0.05) is 38.3 Å². The van der Waals surface area contributed by atoms with Crippen LogP contribution in [0.1, 0.15) is 32.3 Å². The van der Waals surface area contributed by atoms with Crippen LogP contribution in [0.25, 0.3) is 0 Å². The summed E-state index contributed by atoms with van der Waals surface area (Å²) in [6, 6.07) is 6.00. The summed E-state index contributed by atoms with van der Waals surface area (Å²) in [5.74, 6) is 0.323. The molecule has 1 aromatic rings. The molecular weight excluding hydrogens is 284 g/mol. The van der Waals surface area contributed by atoms with E-state index in [1.54, 1.807) is 0 Å². The molecule has 4 nitrogen and oxygen atoms in total. The Kier molecular flexibility index (Phi) is 5.80. The Morgan fingerprint density at radius 2 is 2.00 bits per heavy atom. The number of hydrogen-bond donors (Lipinski definition) is 1. The van der Waals surface area contributed by atoms with Crippen LogP contribution >= 0.6 is 11.6 Å². The molecular formula is C13H17ClN2O2S. The lowest BCUT2D eigenvalue weighted by Gasteiger charge is -2.13. The lowest BCUT2D eigenvalue weighted by atomic mass is 10.0. The molecule has 0 fully saturated rings. The second kappa shape index (κ2) is 6.90. The Hall–Kier alpha value is -1.09. The summed E-state index contributed by atoms with van der Waals surface area (Å²) in [5, 5.41) is 8.90. The van der Waals surface area contributed by atoms with Crippen LogP contribution in [0.4, 0.5) is 0 Å². The molecule has 19 heavy (non-hydrogen) atoms. The molecule has 6 heteroatoms. The number of nitrogens with one attached hydrogen (secondary N) is 1. The summed E-state index contributed by atoms with van der Waals surface area (Å²) < 4.78 is 26.7. The van der Waals surface area contributed by atoms with E-state index < -0.39 is 10.0 Å². The van der Waals surface area contributed by atoms with E-state index in [1.165, 1.54) is 18.2 Å². The van der Waals surface area contributed by atoms with E-state index in [9.17, 15) is 8.42 Å². The van der Waals surface area contributed by atoms with Crippen molar-refractivity contribution in [2.45, 2.75) is 31.6 Å². The molecule has 0 amide bonds. The van der Waals surface area contributed by atoms with E-state index in [0.717, 1.165) is 12.8 Å². The van der Waals surface area contributed by atoms with Gasteiger partial charge in [-0.05, 0) is 24.1 Å². The molecule has 0 aliphatic heterocycles. The van der Waals surface area contributed by atoms with Gasteiger partial charge >= 0.3 is 0 Å². The van der Waals surface area contributed by atoms with Gasteiger partial charge in [-0.15, -0.1) is 0 Å². The first-order valence-corrected chi connectivity index (χ1v) is 8.00. The minimum atomic E-state index is -3.57. The molecule has 1 N–H and O–H groups in total. The predicted molar refractivity (Wildman–Crippen MR) is 75.4 cm³/mol. The summed E-state index contributed by atoms with van der Waals surface area (Å²) in [6.45, 7) is 4.47. The van der Waals surface area contributed by atoms with E-state index in [4.69, 9.17) is 16.9 Å². The van der Waals surface area contributed by atoms with E-state index >= 15 is 0 Å². The lowest BCUT2D eigenvalue weighted by molar-refractivity contribution is 0.479. The molecule has 0 aliphatic rings. The highest BCUT2D eigenvalue weighted by Gasteiger charge is 2.17. The Labute approximate surface area is 119 Å². The van der Waals surface area contributed by atoms with Crippen molar-refractivity contribution in [2.24, 2.45) is 5.92 Å². The SMILES string of the molecule is CCC(CC)CNS(=O)(=O)c1ccc(C#N)c(Cl)c1. The second-order valence-corrected chi connectivity index (χ2v) is 6.46. The molecule has 1 rings (SSSR count). The highest BCUT2D eigenvalue weighted by atomic mass is 35.5. The average molecular weight is 301 g/mol. The lowest BCUT2D eigenvalue weighted by Crippen LogP contribution is -2.29. The van der Waals surface area contributed by atoms with Crippen molar-refractivity contribution in [3.8, 4) is 6.07 Å². The summed E-state index contributed by atoms with van der Waals surface area (Å²) >= 11 is 5.84. The third-order valence-corrected chi connectivity index (χ3v) is 4.82. The van der Waals surface area contributed by atoms with Gasteiger partial charge in [-0.3, -0.25) is 0 Å². The first kappa shape index (κ1) is 16.0. The number of nitriles is 1. The average Bonchev–Trinajstić information content (AvgIpc) is 2.39. The van der Waals surface area contributed by atoms with Crippen LogP contribution in [0.2, 0.25) is 5.02 Å². The van der Waals surface area contributed by atoms with E-state index in [2.05, 4.69) is 4.72 Å². The Bertz CT molecular complexity index is 575. The van der Waals surface area contributed by atoms with Gasteiger partial charge < -0.3 is 0 Å². The van der Waals surface area contributed by atoms with Gasteiger partial charge in [-0.2, -0.15) is 5.26 Å². The largest absolute Gasteiger partial charge is 0.240 e. The first-order chi connectivity index (χ1) is 8.94. The van der Waals surface area contributed by atoms with Crippen molar-refractivity contribution in [1.82, 2.24) is 4.72 Å². The van der Waals surface area contributed by atoms with Gasteiger partial charge in [0.25, 0.3) is 0 Å². The van der Waals surface area contributed by atoms with E-state index in [1.807, 2.05) is 19.9 Å². The quantitative estimate of drug-likeness (QED) is 0.878. The van der Waals surface area contributed by atoms with E-state index in [-0.39, 0.29) is 15.5 Å². The number of sulfonamides is 1. The minimum Gasteiger partial charge on any atom is -0.211 e. The number of halogens is 1. The zero-order valence-electron chi connectivity index (χ0n) is 11.0. The second-order valence-electron chi connectivity index (χ2n) is 4.29. The van der Waals surface area contributed by atoms with Crippen molar-refractivity contribution in [3.63, 3.8) is 0 Å². The van der Waals surface area contributed by atoms with Crippen LogP contribution in [0.15, 0.2) is 23.1 Å². The third-order valence-electron chi connectivity index (χ3n) is 3.09. The first-order valence-electron chi connectivity index (χ1n) is 6.13. The fourth-order valence-electron chi connectivity index (χ4n) is 1.64. The normalized spacial score (nSPS) is 11.5. The van der Waals surface area contributed by atoms with Gasteiger partial charge in [0.05, 0.1) is 15.5 Å². The summed E-state index contributed by atoms with van der Waals surface area (Å²) in [7, 11) is -3.57. The van der Waals surface area contributed by atoms with Crippen LogP contribution in [0.3, 0.4) is 0 Å². The molecule has 0 heterocycles.